The molecule has 0 saturated carbocycles. The first kappa shape index (κ1) is 20.4. The zero-order valence-electron chi connectivity index (χ0n) is 17.6. The first-order valence-corrected chi connectivity index (χ1v) is 11.0. The van der Waals surface area contributed by atoms with E-state index in [-0.39, 0.29) is 24.0 Å². The van der Waals surface area contributed by atoms with Crippen LogP contribution < -0.4 is 5.32 Å². The molecule has 29 heavy (non-hydrogen) atoms. The number of amides is 3. The van der Waals surface area contributed by atoms with E-state index in [1.807, 2.05) is 19.1 Å². The zero-order chi connectivity index (χ0) is 20.4. The highest BCUT2D eigenvalue weighted by Crippen LogP contribution is 2.37. The lowest BCUT2D eigenvalue weighted by Gasteiger charge is -2.40. The van der Waals surface area contributed by atoms with E-state index in [2.05, 4.69) is 17.1 Å². The number of hydrogen-bond donors (Lipinski definition) is 1. The molecule has 3 fully saturated rings. The normalized spacial score (nSPS) is 29.0. The maximum Gasteiger partial charge on any atom is 0.325 e. The van der Waals surface area contributed by atoms with E-state index in [4.69, 9.17) is 9.15 Å². The number of hydrogen-bond acceptors (Lipinski definition) is 5. The lowest BCUT2D eigenvalue weighted by molar-refractivity contribution is -0.135. The van der Waals surface area contributed by atoms with E-state index in [1.165, 1.54) is 4.90 Å². The molecule has 3 saturated heterocycles. The van der Waals surface area contributed by atoms with Crippen molar-refractivity contribution in [2.24, 2.45) is 5.92 Å². The predicted molar refractivity (Wildman–Crippen MR) is 108 cm³/mol. The molecule has 0 aliphatic carbocycles. The Morgan fingerprint density at radius 3 is 2.62 bits per heavy atom. The SMILES string of the molecule is CCC[C@@]1(C2CCN(Cc3ccc(C)o3)CC2)NC(=O)N(C[C@H]2CCCO2)C1=O. The number of furan rings is 1. The van der Waals surface area contributed by atoms with Crippen molar-refractivity contribution < 1.29 is 18.7 Å². The van der Waals surface area contributed by atoms with Crippen molar-refractivity contribution >= 4 is 11.9 Å². The third-order valence-corrected chi connectivity index (χ3v) is 6.72. The molecule has 160 valence electrons. The molecule has 1 aromatic rings. The number of nitrogens with zero attached hydrogens (tertiary/aromatic N) is 2. The van der Waals surface area contributed by atoms with E-state index in [1.54, 1.807) is 0 Å². The maximum absolute atomic E-state index is 13.4. The van der Waals surface area contributed by atoms with Crippen LogP contribution in [0.5, 0.6) is 0 Å². The number of nitrogens with one attached hydrogen (secondary N) is 1. The van der Waals surface area contributed by atoms with Crippen molar-refractivity contribution in [1.29, 1.82) is 0 Å². The summed E-state index contributed by atoms with van der Waals surface area (Å²) < 4.78 is 11.4. The van der Waals surface area contributed by atoms with Gasteiger partial charge in [-0.05, 0) is 70.2 Å². The molecule has 0 aromatic carbocycles. The van der Waals surface area contributed by atoms with Crippen molar-refractivity contribution in [3.05, 3.63) is 23.7 Å². The fourth-order valence-corrected chi connectivity index (χ4v) is 5.22. The number of urea groups is 1. The summed E-state index contributed by atoms with van der Waals surface area (Å²) in [6, 6.07) is 3.78. The van der Waals surface area contributed by atoms with Gasteiger partial charge in [0.1, 0.15) is 17.1 Å². The van der Waals surface area contributed by atoms with E-state index >= 15 is 0 Å². The van der Waals surface area contributed by atoms with Gasteiger partial charge in [-0.3, -0.25) is 14.6 Å². The van der Waals surface area contributed by atoms with Crippen LogP contribution in [0, 0.1) is 12.8 Å². The Kier molecular flexibility index (Phi) is 5.97. The lowest BCUT2D eigenvalue weighted by Crippen LogP contribution is -2.56. The summed E-state index contributed by atoms with van der Waals surface area (Å²) in [6.07, 6.45) is 5.28. The van der Waals surface area contributed by atoms with Crippen LogP contribution in [0.2, 0.25) is 0 Å². The van der Waals surface area contributed by atoms with Crippen molar-refractivity contribution in [3.63, 3.8) is 0 Å². The third-order valence-electron chi connectivity index (χ3n) is 6.72. The monoisotopic (exact) mass is 403 g/mol. The first-order chi connectivity index (χ1) is 14.0. The average Bonchev–Trinajstić information content (AvgIpc) is 3.41. The Morgan fingerprint density at radius 1 is 1.21 bits per heavy atom. The van der Waals surface area contributed by atoms with E-state index in [0.29, 0.717) is 13.0 Å². The highest BCUT2D eigenvalue weighted by molar-refractivity contribution is 6.07. The quantitative estimate of drug-likeness (QED) is 0.708. The predicted octanol–water partition coefficient (Wildman–Crippen LogP) is 3.07. The molecule has 3 amide bonds. The minimum atomic E-state index is -0.752. The van der Waals surface area contributed by atoms with Crippen LogP contribution in [0.15, 0.2) is 16.5 Å². The van der Waals surface area contributed by atoms with Gasteiger partial charge in [-0.25, -0.2) is 4.79 Å². The van der Waals surface area contributed by atoms with Crippen molar-refractivity contribution in [2.75, 3.05) is 26.2 Å². The second-order valence-corrected chi connectivity index (χ2v) is 8.77. The Bertz CT molecular complexity index is 734. The summed E-state index contributed by atoms with van der Waals surface area (Å²) in [5, 5.41) is 3.12. The molecule has 3 aliphatic rings. The van der Waals surface area contributed by atoms with Crippen molar-refractivity contribution in [2.45, 2.75) is 70.6 Å². The maximum atomic E-state index is 13.4. The zero-order valence-corrected chi connectivity index (χ0v) is 17.6. The Hall–Kier alpha value is -1.86. The molecule has 7 heteroatoms. The topological polar surface area (TPSA) is 75.0 Å². The number of carbonyl (C=O) groups excluding carboxylic acids is 2. The summed E-state index contributed by atoms with van der Waals surface area (Å²) in [4.78, 5) is 30.0. The summed E-state index contributed by atoms with van der Waals surface area (Å²) in [5.41, 5.74) is -0.752. The van der Waals surface area contributed by atoms with Gasteiger partial charge >= 0.3 is 6.03 Å². The van der Waals surface area contributed by atoms with Crippen LogP contribution in [0.4, 0.5) is 4.79 Å². The van der Waals surface area contributed by atoms with Gasteiger partial charge in [0.05, 0.1) is 19.2 Å². The van der Waals surface area contributed by atoms with Gasteiger partial charge in [-0.1, -0.05) is 13.3 Å². The van der Waals surface area contributed by atoms with Crippen LogP contribution in [-0.4, -0.2) is 59.6 Å². The Balaban J connectivity index is 1.41. The third kappa shape index (κ3) is 4.08. The van der Waals surface area contributed by atoms with Crippen LogP contribution in [0.1, 0.15) is 57.0 Å². The molecule has 4 rings (SSSR count). The molecule has 1 N–H and O–H groups in total. The fraction of sp³-hybridized carbons (Fsp3) is 0.727. The summed E-state index contributed by atoms with van der Waals surface area (Å²) in [5.74, 6) is 2.04. The number of aryl methyl sites for hydroxylation is 1. The molecule has 2 atom stereocenters. The largest absolute Gasteiger partial charge is 0.465 e. The molecule has 3 aliphatic heterocycles. The minimum Gasteiger partial charge on any atom is -0.465 e. The standard InChI is InChI=1S/C22H33N3O4/c1-3-10-22(20(26)25(21(27)23-22)15-18-5-4-13-28-18)17-8-11-24(12-9-17)14-19-7-6-16(2)29-19/h6-7,17-18H,3-5,8-15H2,1-2H3,(H,23,27)/t18-,22+/m1/s1. The number of piperidine rings is 1. The first-order valence-electron chi connectivity index (χ1n) is 11.0. The number of imide groups is 1. The molecule has 4 heterocycles. The van der Waals surface area contributed by atoms with Crippen LogP contribution in [-0.2, 0) is 16.1 Å². The second kappa shape index (κ2) is 8.48. The number of likely N-dealkylation sites (tertiary alicyclic amines) is 1. The highest BCUT2D eigenvalue weighted by atomic mass is 16.5. The van der Waals surface area contributed by atoms with Gasteiger partial charge in [0, 0.05) is 6.61 Å². The van der Waals surface area contributed by atoms with Crippen LogP contribution in [0.25, 0.3) is 0 Å². The molecular formula is C22H33N3O4. The van der Waals surface area contributed by atoms with Crippen LogP contribution in [0.3, 0.4) is 0 Å². The van der Waals surface area contributed by atoms with Crippen LogP contribution >= 0.6 is 0 Å². The molecule has 0 radical (unpaired) electrons. The summed E-state index contributed by atoms with van der Waals surface area (Å²) in [6.45, 7) is 7.76. The smallest absolute Gasteiger partial charge is 0.325 e. The number of ether oxygens (including phenoxy) is 1. The van der Waals surface area contributed by atoms with E-state index in [0.717, 1.165) is 69.9 Å². The number of carbonyl (C=O) groups is 2. The van der Waals surface area contributed by atoms with Gasteiger partial charge in [-0.2, -0.15) is 0 Å². The molecule has 1 aromatic heterocycles. The fourth-order valence-electron chi connectivity index (χ4n) is 5.22. The number of rotatable bonds is 7. The summed E-state index contributed by atoms with van der Waals surface area (Å²) >= 11 is 0. The van der Waals surface area contributed by atoms with Gasteiger partial charge in [0.2, 0.25) is 0 Å². The molecule has 7 nitrogen and oxygen atoms in total. The summed E-state index contributed by atoms with van der Waals surface area (Å²) in [7, 11) is 0. The van der Waals surface area contributed by atoms with Gasteiger partial charge in [0.15, 0.2) is 0 Å². The average molecular weight is 404 g/mol. The minimum absolute atomic E-state index is 0.0132. The van der Waals surface area contributed by atoms with Gasteiger partial charge in [-0.15, -0.1) is 0 Å². The van der Waals surface area contributed by atoms with Gasteiger partial charge in [0.25, 0.3) is 5.91 Å². The van der Waals surface area contributed by atoms with E-state index < -0.39 is 5.54 Å². The molecular weight excluding hydrogens is 370 g/mol. The van der Waals surface area contributed by atoms with Crippen molar-refractivity contribution in [1.82, 2.24) is 15.1 Å². The second-order valence-electron chi connectivity index (χ2n) is 8.77. The van der Waals surface area contributed by atoms with E-state index in [9.17, 15) is 9.59 Å². The van der Waals surface area contributed by atoms with Gasteiger partial charge < -0.3 is 14.5 Å². The molecule has 0 spiro atoms. The Morgan fingerprint density at radius 2 is 2.00 bits per heavy atom. The molecule has 0 unspecified atom stereocenters. The molecule has 0 bridgehead atoms. The van der Waals surface area contributed by atoms with Crippen molar-refractivity contribution in [3.8, 4) is 0 Å². The Labute approximate surface area is 172 Å². The highest BCUT2D eigenvalue weighted by Gasteiger charge is 2.55. The lowest BCUT2D eigenvalue weighted by atomic mass is 9.74.